The molecule has 7 nitrogen and oxygen atoms in total. The number of amides is 1. The molecule has 0 aliphatic carbocycles. The maximum absolute atomic E-state index is 12.7. The van der Waals surface area contributed by atoms with Crippen LogP contribution in [0.5, 0.6) is 0 Å². The normalized spacial score (nSPS) is 10.7. The fraction of sp³-hybridized carbons (Fsp3) is 0.0909. The van der Waals surface area contributed by atoms with Crippen LogP contribution < -0.4 is 5.56 Å². The Morgan fingerprint density at radius 3 is 2.52 bits per heavy atom. The lowest BCUT2D eigenvalue weighted by molar-refractivity contribution is 0.0770. The molecule has 1 N–H and O–H groups in total. The van der Waals surface area contributed by atoms with E-state index in [-0.39, 0.29) is 12.1 Å². The summed E-state index contributed by atoms with van der Waals surface area (Å²) in [5.74, 6) is 0.134. The van der Waals surface area contributed by atoms with Crippen molar-refractivity contribution in [1.82, 2.24) is 20.0 Å². The molecule has 1 aromatic carbocycles. The highest BCUT2D eigenvalue weighted by Gasteiger charge is 2.18. The van der Waals surface area contributed by atoms with Gasteiger partial charge >= 0.3 is 0 Å². The van der Waals surface area contributed by atoms with Crippen LogP contribution in [-0.2, 0) is 6.54 Å². The molecule has 4 aromatic rings. The number of pyridine rings is 2. The van der Waals surface area contributed by atoms with Crippen LogP contribution in [0.1, 0.15) is 16.1 Å². The Balaban J connectivity index is 1.50. The predicted molar refractivity (Wildman–Crippen MR) is 108 cm³/mol. The van der Waals surface area contributed by atoms with Crippen molar-refractivity contribution in [2.75, 3.05) is 7.05 Å². The fourth-order valence-corrected chi connectivity index (χ4v) is 2.99. The van der Waals surface area contributed by atoms with E-state index in [0.29, 0.717) is 17.1 Å². The monoisotopic (exact) mass is 386 g/mol. The molecule has 3 aromatic heterocycles. The number of aromatic nitrogens is 3. The van der Waals surface area contributed by atoms with Gasteiger partial charge in [-0.25, -0.2) is 0 Å². The van der Waals surface area contributed by atoms with E-state index < -0.39 is 11.5 Å². The number of aromatic amines is 1. The van der Waals surface area contributed by atoms with E-state index in [9.17, 15) is 9.59 Å². The van der Waals surface area contributed by atoms with E-state index in [1.807, 2.05) is 30.3 Å². The maximum Gasteiger partial charge on any atom is 0.261 e. The Morgan fingerprint density at radius 1 is 1.03 bits per heavy atom. The minimum absolute atomic E-state index is 0.0631. The fourth-order valence-electron chi connectivity index (χ4n) is 2.99. The number of nitrogens with one attached hydrogen (secondary N) is 1. The summed E-state index contributed by atoms with van der Waals surface area (Å²) in [6, 6.07) is 18.2. The average molecular weight is 386 g/mol. The van der Waals surface area contributed by atoms with Crippen LogP contribution in [-0.4, -0.2) is 33.0 Å². The lowest BCUT2D eigenvalue weighted by Gasteiger charge is -2.15. The van der Waals surface area contributed by atoms with Gasteiger partial charge in [0, 0.05) is 42.3 Å². The molecule has 0 spiro atoms. The van der Waals surface area contributed by atoms with Crippen LogP contribution in [0.4, 0.5) is 0 Å². The summed E-state index contributed by atoms with van der Waals surface area (Å²) in [6.07, 6.45) is 3.28. The van der Waals surface area contributed by atoms with Gasteiger partial charge in [-0.1, -0.05) is 35.5 Å². The van der Waals surface area contributed by atoms with Gasteiger partial charge in [-0.15, -0.1) is 0 Å². The molecule has 0 unspecified atom stereocenters. The Hall–Kier alpha value is -4.00. The highest BCUT2D eigenvalue weighted by atomic mass is 16.5. The standard InChI is InChI=1S/C22H18N4O3/c1-26(14-17-13-20(25-29-17)15-5-3-2-4-6-15)22(28)18-7-8-19(24-21(18)27)16-9-11-23-12-10-16/h2-13H,14H2,1H3,(H,24,27). The number of hydrogen-bond donors (Lipinski definition) is 1. The van der Waals surface area contributed by atoms with Crippen LogP contribution in [0, 0.1) is 0 Å². The summed E-state index contributed by atoms with van der Waals surface area (Å²) in [4.78, 5) is 33.3. The van der Waals surface area contributed by atoms with Crippen molar-refractivity contribution in [3.8, 4) is 22.5 Å². The Morgan fingerprint density at radius 2 is 1.79 bits per heavy atom. The van der Waals surface area contributed by atoms with Gasteiger partial charge < -0.3 is 14.4 Å². The number of benzene rings is 1. The predicted octanol–water partition coefficient (Wildman–Crippen LogP) is 3.36. The first-order valence-electron chi connectivity index (χ1n) is 9.02. The molecule has 0 aliphatic heterocycles. The molecule has 3 heterocycles. The lowest BCUT2D eigenvalue weighted by Crippen LogP contribution is -2.31. The lowest BCUT2D eigenvalue weighted by atomic mass is 10.1. The average Bonchev–Trinajstić information content (AvgIpc) is 3.23. The largest absolute Gasteiger partial charge is 0.359 e. The maximum atomic E-state index is 12.7. The third kappa shape index (κ3) is 3.98. The Kier molecular flexibility index (Phi) is 5.03. The summed E-state index contributed by atoms with van der Waals surface area (Å²) in [7, 11) is 1.61. The van der Waals surface area contributed by atoms with Gasteiger partial charge in [0.15, 0.2) is 5.76 Å². The summed E-state index contributed by atoms with van der Waals surface area (Å²) in [5, 5.41) is 4.05. The molecule has 0 radical (unpaired) electrons. The van der Waals surface area contributed by atoms with Gasteiger partial charge in [-0.3, -0.25) is 14.6 Å². The van der Waals surface area contributed by atoms with Crippen molar-refractivity contribution in [2.45, 2.75) is 6.54 Å². The molecule has 0 atom stereocenters. The smallest absolute Gasteiger partial charge is 0.261 e. The third-order valence-corrected chi connectivity index (χ3v) is 4.50. The van der Waals surface area contributed by atoms with Crippen LogP contribution >= 0.6 is 0 Å². The second-order valence-corrected chi connectivity index (χ2v) is 6.56. The van der Waals surface area contributed by atoms with Crippen molar-refractivity contribution in [1.29, 1.82) is 0 Å². The van der Waals surface area contributed by atoms with E-state index in [2.05, 4.69) is 15.1 Å². The Bertz CT molecular complexity index is 1180. The molecule has 0 saturated heterocycles. The van der Waals surface area contributed by atoms with Crippen molar-refractivity contribution >= 4 is 5.91 Å². The van der Waals surface area contributed by atoms with E-state index in [4.69, 9.17) is 4.52 Å². The molecule has 29 heavy (non-hydrogen) atoms. The molecule has 0 bridgehead atoms. The molecular formula is C22H18N4O3. The molecule has 0 fully saturated rings. The van der Waals surface area contributed by atoms with Crippen molar-refractivity contribution in [3.05, 3.63) is 94.7 Å². The van der Waals surface area contributed by atoms with Crippen LogP contribution in [0.15, 0.2) is 82.4 Å². The SMILES string of the molecule is CN(Cc1cc(-c2ccccc2)no1)C(=O)c1ccc(-c2ccncc2)[nH]c1=O. The number of carbonyl (C=O) groups excluding carboxylic acids is 1. The first-order chi connectivity index (χ1) is 14.1. The first-order valence-corrected chi connectivity index (χ1v) is 9.02. The molecule has 0 aliphatic rings. The van der Waals surface area contributed by atoms with Gasteiger partial charge in [0.2, 0.25) is 0 Å². The van der Waals surface area contributed by atoms with Crippen LogP contribution in [0.25, 0.3) is 22.5 Å². The minimum Gasteiger partial charge on any atom is -0.359 e. The van der Waals surface area contributed by atoms with Crippen LogP contribution in [0.2, 0.25) is 0 Å². The zero-order valence-corrected chi connectivity index (χ0v) is 15.7. The second kappa shape index (κ2) is 7.93. The quantitative estimate of drug-likeness (QED) is 0.568. The van der Waals surface area contributed by atoms with E-state index in [1.165, 1.54) is 11.0 Å². The first kappa shape index (κ1) is 18.4. The number of hydrogen-bond acceptors (Lipinski definition) is 5. The molecule has 4 rings (SSSR count). The van der Waals surface area contributed by atoms with Crippen molar-refractivity contribution in [3.63, 3.8) is 0 Å². The van der Waals surface area contributed by atoms with Gasteiger partial charge in [0.1, 0.15) is 11.3 Å². The summed E-state index contributed by atoms with van der Waals surface area (Å²) in [5.41, 5.74) is 2.69. The summed E-state index contributed by atoms with van der Waals surface area (Å²) in [6.45, 7) is 0.199. The van der Waals surface area contributed by atoms with Gasteiger partial charge in [-0.05, 0) is 24.3 Å². The molecule has 0 saturated carbocycles. The molecular weight excluding hydrogens is 368 g/mol. The molecule has 7 heteroatoms. The highest BCUT2D eigenvalue weighted by molar-refractivity contribution is 5.93. The molecule has 1 amide bonds. The number of H-pyrrole nitrogens is 1. The van der Waals surface area contributed by atoms with Gasteiger partial charge in [0.25, 0.3) is 11.5 Å². The second-order valence-electron chi connectivity index (χ2n) is 6.56. The summed E-state index contributed by atoms with van der Waals surface area (Å²) >= 11 is 0. The summed E-state index contributed by atoms with van der Waals surface area (Å²) < 4.78 is 5.35. The Labute approximate surface area is 166 Å². The molecule has 144 valence electrons. The minimum atomic E-state index is -0.446. The van der Waals surface area contributed by atoms with Crippen molar-refractivity contribution in [2.24, 2.45) is 0 Å². The van der Waals surface area contributed by atoms with Crippen LogP contribution in [0.3, 0.4) is 0 Å². The third-order valence-electron chi connectivity index (χ3n) is 4.50. The van der Waals surface area contributed by atoms with Gasteiger partial charge in [-0.2, -0.15) is 0 Å². The van der Waals surface area contributed by atoms with E-state index >= 15 is 0 Å². The zero-order valence-electron chi connectivity index (χ0n) is 15.7. The number of nitrogens with zero attached hydrogens (tertiary/aromatic N) is 3. The van der Waals surface area contributed by atoms with E-state index in [1.54, 1.807) is 43.7 Å². The highest BCUT2D eigenvalue weighted by Crippen LogP contribution is 2.20. The van der Waals surface area contributed by atoms with Gasteiger partial charge in [0.05, 0.1) is 6.54 Å². The van der Waals surface area contributed by atoms with Crippen molar-refractivity contribution < 1.29 is 9.32 Å². The topological polar surface area (TPSA) is 92.1 Å². The van der Waals surface area contributed by atoms with E-state index in [0.717, 1.165) is 11.1 Å². The number of rotatable bonds is 5. The zero-order chi connectivity index (χ0) is 20.2. The number of carbonyl (C=O) groups is 1.